The zero-order valence-corrected chi connectivity index (χ0v) is 11.5. The number of nitrogens with one attached hydrogen (secondary N) is 1. The Kier molecular flexibility index (Phi) is 5.01. The largest absolute Gasteiger partial charge is 0.493 e. The van der Waals surface area contributed by atoms with E-state index in [1.54, 1.807) is 14.0 Å². The highest BCUT2D eigenvalue weighted by Gasteiger charge is 2.27. The minimum absolute atomic E-state index is 0.349. The summed E-state index contributed by atoms with van der Waals surface area (Å²) in [4.78, 5) is 2.15. The third-order valence-corrected chi connectivity index (χ3v) is 3.24. The molecule has 0 aliphatic carbocycles. The van der Waals surface area contributed by atoms with Gasteiger partial charge in [-0.05, 0) is 19.1 Å². The third kappa shape index (κ3) is 3.59. The van der Waals surface area contributed by atoms with Crippen LogP contribution in [-0.2, 0) is 0 Å². The maximum Gasteiger partial charge on any atom is 0.178 e. The first-order valence-corrected chi connectivity index (χ1v) is 6.65. The molecule has 2 N–H and O–H groups in total. The van der Waals surface area contributed by atoms with E-state index in [2.05, 4.69) is 10.2 Å². The van der Waals surface area contributed by atoms with Crippen LogP contribution in [0, 0.1) is 0 Å². The van der Waals surface area contributed by atoms with E-state index < -0.39 is 6.10 Å². The normalized spacial score (nSPS) is 19.7. The smallest absolute Gasteiger partial charge is 0.178 e. The van der Waals surface area contributed by atoms with E-state index >= 15 is 0 Å². The van der Waals surface area contributed by atoms with Crippen molar-refractivity contribution in [3.8, 4) is 11.5 Å². The second-order valence-corrected chi connectivity index (χ2v) is 4.69. The maximum absolute atomic E-state index is 9.96. The molecular formula is C14H22N2O3. The molecule has 5 nitrogen and oxygen atoms in total. The molecule has 1 aromatic carbocycles. The predicted octanol–water partition coefficient (Wildman–Crippen LogP) is 0.686. The molecule has 1 aliphatic heterocycles. The molecule has 2 rings (SSSR count). The van der Waals surface area contributed by atoms with Gasteiger partial charge < -0.3 is 19.9 Å². The van der Waals surface area contributed by atoms with Crippen LogP contribution in [0.1, 0.15) is 6.92 Å². The van der Waals surface area contributed by atoms with Crippen LogP contribution < -0.4 is 14.8 Å². The van der Waals surface area contributed by atoms with Gasteiger partial charge in [-0.1, -0.05) is 12.1 Å². The Morgan fingerprint density at radius 2 is 1.84 bits per heavy atom. The number of ether oxygens (including phenoxy) is 2. The summed E-state index contributed by atoms with van der Waals surface area (Å²) in [6, 6.07) is 7.51. The molecule has 19 heavy (non-hydrogen) atoms. The van der Waals surface area contributed by atoms with Crippen molar-refractivity contribution in [3.05, 3.63) is 24.3 Å². The summed E-state index contributed by atoms with van der Waals surface area (Å²) in [6.45, 7) is 5.31. The maximum atomic E-state index is 9.96. The first-order chi connectivity index (χ1) is 9.22. The van der Waals surface area contributed by atoms with Crippen LogP contribution >= 0.6 is 0 Å². The van der Waals surface area contributed by atoms with Crippen molar-refractivity contribution < 1.29 is 14.6 Å². The summed E-state index contributed by atoms with van der Waals surface area (Å²) >= 11 is 0. The van der Waals surface area contributed by atoms with E-state index in [1.165, 1.54) is 0 Å². The molecule has 106 valence electrons. The van der Waals surface area contributed by atoms with Gasteiger partial charge in [0.05, 0.1) is 7.11 Å². The molecular weight excluding hydrogens is 244 g/mol. The number of hydrogen-bond donors (Lipinski definition) is 2. The molecule has 1 unspecified atom stereocenters. The fourth-order valence-corrected chi connectivity index (χ4v) is 2.26. The van der Waals surface area contributed by atoms with Gasteiger partial charge in [-0.2, -0.15) is 0 Å². The molecule has 1 fully saturated rings. The number of piperazine rings is 1. The summed E-state index contributed by atoms with van der Waals surface area (Å²) in [7, 11) is 1.62. The number of aliphatic hydroxyl groups excluding tert-OH is 1. The summed E-state index contributed by atoms with van der Waals surface area (Å²) in [5.41, 5.74) is 0. The van der Waals surface area contributed by atoms with Crippen LogP contribution in [0.5, 0.6) is 11.5 Å². The van der Waals surface area contributed by atoms with E-state index in [9.17, 15) is 5.11 Å². The highest BCUT2D eigenvalue weighted by molar-refractivity contribution is 5.39. The van der Waals surface area contributed by atoms with Gasteiger partial charge in [0.25, 0.3) is 0 Å². The standard InChI is InChI=1S/C14H22N2O3/c1-11(17)14(16-9-7-15-8-10-16)19-13-6-4-3-5-12(13)18-2/h3-6,11,14-15,17H,7-10H2,1-2H3/t11-,14?/m1/s1. The molecule has 1 aromatic rings. The van der Waals surface area contributed by atoms with Crippen LogP contribution in [-0.4, -0.2) is 55.6 Å². The van der Waals surface area contributed by atoms with Crippen LogP contribution in [0.15, 0.2) is 24.3 Å². The first kappa shape index (κ1) is 14.1. The second-order valence-electron chi connectivity index (χ2n) is 4.69. The molecule has 0 spiro atoms. The lowest BCUT2D eigenvalue weighted by molar-refractivity contribution is -0.0632. The predicted molar refractivity (Wildman–Crippen MR) is 73.5 cm³/mol. The van der Waals surface area contributed by atoms with Crippen molar-refractivity contribution in [2.75, 3.05) is 33.3 Å². The van der Waals surface area contributed by atoms with E-state index in [-0.39, 0.29) is 6.23 Å². The number of aliphatic hydroxyl groups is 1. The molecule has 0 saturated carbocycles. The molecule has 0 radical (unpaired) electrons. The van der Waals surface area contributed by atoms with Crippen LogP contribution in [0.25, 0.3) is 0 Å². The SMILES string of the molecule is COc1ccccc1OC([C@@H](C)O)N1CCNCC1. The molecule has 1 saturated heterocycles. The monoisotopic (exact) mass is 266 g/mol. The van der Waals surface area contributed by atoms with Crippen molar-refractivity contribution in [2.24, 2.45) is 0 Å². The molecule has 2 atom stereocenters. The minimum atomic E-state index is -0.567. The van der Waals surface area contributed by atoms with Gasteiger partial charge in [-0.3, -0.25) is 4.90 Å². The average Bonchev–Trinajstić information content (AvgIpc) is 2.45. The summed E-state index contributed by atoms with van der Waals surface area (Å²) in [6.07, 6.45) is -0.915. The number of para-hydroxylation sites is 2. The van der Waals surface area contributed by atoms with E-state index in [4.69, 9.17) is 9.47 Å². The van der Waals surface area contributed by atoms with Gasteiger partial charge in [0.2, 0.25) is 0 Å². The summed E-state index contributed by atoms with van der Waals surface area (Å²) in [5.74, 6) is 1.35. The Labute approximate surface area is 114 Å². The summed E-state index contributed by atoms with van der Waals surface area (Å²) in [5, 5.41) is 13.3. The van der Waals surface area contributed by atoms with Gasteiger partial charge in [0.15, 0.2) is 17.7 Å². The lowest BCUT2D eigenvalue weighted by Crippen LogP contribution is -2.54. The van der Waals surface area contributed by atoms with Crippen LogP contribution in [0.2, 0.25) is 0 Å². The minimum Gasteiger partial charge on any atom is -0.493 e. The Bertz CT molecular complexity index is 392. The number of rotatable bonds is 5. The van der Waals surface area contributed by atoms with Gasteiger partial charge in [-0.15, -0.1) is 0 Å². The summed E-state index contributed by atoms with van der Waals surface area (Å²) < 4.78 is 11.2. The molecule has 0 aromatic heterocycles. The Balaban J connectivity index is 2.11. The fourth-order valence-electron chi connectivity index (χ4n) is 2.26. The van der Waals surface area contributed by atoms with E-state index in [0.29, 0.717) is 11.5 Å². The quantitative estimate of drug-likeness (QED) is 0.821. The zero-order chi connectivity index (χ0) is 13.7. The third-order valence-electron chi connectivity index (χ3n) is 3.24. The van der Waals surface area contributed by atoms with Gasteiger partial charge in [-0.25, -0.2) is 0 Å². The molecule has 5 heteroatoms. The highest BCUT2D eigenvalue weighted by atomic mass is 16.5. The zero-order valence-electron chi connectivity index (χ0n) is 11.5. The van der Waals surface area contributed by atoms with Crippen molar-refractivity contribution in [3.63, 3.8) is 0 Å². The van der Waals surface area contributed by atoms with Crippen molar-refractivity contribution in [1.29, 1.82) is 0 Å². The number of nitrogens with zero attached hydrogens (tertiary/aromatic N) is 1. The van der Waals surface area contributed by atoms with Crippen molar-refractivity contribution in [2.45, 2.75) is 19.3 Å². The molecule has 1 heterocycles. The molecule has 0 amide bonds. The topological polar surface area (TPSA) is 54.0 Å². The van der Waals surface area contributed by atoms with Gasteiger partial charge in [0.1, 0.15) is 6.10 Å². The van der Waals surface area contributed by atoms with Crippen LogP contribution in [0.3, 0.4) is 0 Å². The Hall–Kier alpha value is -1.30. The molecule has 0 bridgehead atoms. The number of benzene rings is 1. The van der Waals surface area contributed by atoms with Crippen molar-refractivity contribution in [1.82, 2.24) is 10.2 Å². The highest BCUT2D eigenvalue weighted by Crippen LogP contribution is 2.28. The Morgan fingerprint density at radius 1 is 1.21 bits per heavy atom. The first-order valence-electron chi connectivity index (χ1n) is 6.65. The number of methoxy groups -OCH3 is 1. The van der Waals surface area contributed by atoms with Crippen molar-refractivity contribution >= 4 is 0 Å². The lowest BCUT2D eigenvalue weighted by Gasteiger charge is -2.36. The van der Waals surface area contributed by atoms with Gasteiger partial charge >= 0.3 is 0 Å². The Morgan fingerprint density at radius 3 is 2.42 bits per heavy atom. The molecule has 1 aliphatic rings. The van der Waals surface area contributed by atoms with Gasteiger partial charge in [0, 0.05) is 26.2 Å². The van der Waals surface area contributed by atoms with E-state index in [0.717, 1.165) is 26.2 Å². The average molecular weight is 266 g/mol. The number of hydrogen-bond acceptors (Lipinski definition) is 5. The lowest BCUT2D eigenvalue weighted by atomic mass is 10.2. The fraction of sp³-hybridized carbons (Fsp3) is 0.571. The van der Waals surface area contributed by atoms with Crippen LogP contribution in [0.4, 0.5) is 0 Å². The second kappa shape index (κ2) is 6.75. The van der Waals surface area contributed by atoms with E-state index in [1.807, 2.05) is 24.3 Å².